The molecular weight excluding hydrogens is 402 g/mol. The number of carboxylic acid groups (broad SMARTS) is 1. The van der Waals surface area contributed by atoms with E-state index < -0.39 is 17.1 Å². The molecule has 0 unspecified atom stereocenters. The largest absolute Gasteiger partial charge is 0.480 e. The van der Waals surface area contributed by atoms with E-state index >= 15 is 0 Å². The zero-order valence-electron chi connectivity index (χ0n) is 19.3. The minimum atomic E-state index is -1.41. The number of hydrogen-bond donors (Lipinski definition) is 1. The SMILES string of the molecule is CCCCN(CCCC)c1ccc(/C=C/C2=C(C#N)C(=C(\C#N)C(=O)O)/OC2(C)C)cc1. The van der Waals surface area contributed by atoms with E-state index in [-0.39, 0.29) is 11.3 Å². The van der Waals surface area contributed by atoms with Crippen LogP contribution in [0.15, 0.2) is 52.8 Å². The average molecular weight is 434 g/mol. The van der Waals surface area contributed by atoms with Gasteiger partial charge >= 0.3 is 5.97 Å². The molecule has 6 nitrogen and oxygen atoms in total. The van der Waals surface area contributed by atoms with Gasteiger partial charge in [-0.2, -0.15) is 10.5 Å². The Morgan fingerprint density at radius 2 is 1.69 bits per heavy atom. The van der Waals surface area contributed by atoms with Crippen molar-refractivity contribution < 1.29 is 14.6 Å². The minimum absolute atomic E-state index is 0.0760. The summed E-state index contributed by atoms with van der Waals surface area (Å²) >= 11 is 0. The quantitative estimate of drug-likeness (QED) is 0.381. The van der Waals surface area contributed by atoms with Crippen LogP contribution >= 0.6 is 0 Å². The van der Waals surface area contributed by atoms with Crippen molar-refractivity contribution >= 4 is 17.7 Å². The molecule has 0 saturated carbocycles. The number of aliphatic carboxylic acids is 1. The first-order valence-corrected chi connectivity index (χ1v) is 11.0. The van der Waals surface area contributed by atoms with E-state index in [2.05, 4.69) is 30.9 Å². The molecule has 1 heterocycles. The van der Waals surface area contributed by atoms with Crippen molar-refractivity contribution in [2.75, 3.05) is 18.0 Å². The third kappa shape index (κ3) is 5.80. The molecular formula is C26H31N3O3. The Bertz CT molecular complexity index is 994. The number of nitrogens with zero attached hydrogens (tertiary/aromatic N) is 3. The normalized spacial score (nSPS) is 16.4. The third-order valence-corrected chi connectivity index (χ3v) is 5.43. The summed E-state index contributed by atoms with van der Waals surface area (Å²) in [6.45, 7) is 9.96. The maximum Gasteiger partial charge on any atom is 0.350 e. The summed E-state index contributed by atoms with van der Waals surface area (Å²) in [6, 6.07) is 11.9. The summed E-state index contributed by atoms with van der Waals surface area (Å²) in [4.78, 5) is 13.8. The summed E-state index contributed by atoms with van der Waals surface area (Å²) in [5.41, 5.74) is 1.27. The second-order valence-electron chi connectivity index (χ2n) is 8.25. The molecule has 6 heteroatoms. The van der Waals surface area contributed by atoms with Gasteiger partial charge in [0.2, 0.25) is 0 Å². The molecule has 0 bridgehead atoms. The maximum atomic E-state index is 11.4. The standard InChI is InChI=1S/C26H31N3O3/c1-5-7-15-29(16-8-6-2)20-12-9-19(10-13-20)11-14-23-21(17-27)24(32-26(23,3)4)22(18-28)25(30)31/h9-14H,5-8,15-16H2,1-4H3,(H,30,31)/b14-11+,24-22-. The molecule has 1 aliphatic heterocycles. The highest BCUT2D eigenvalue weighted by Crippen LogP contribution is 2.40. The van der Waals surface area contributed by atoms with Gasteiger partial charge in [0.25, 0.3) is 0 Å². The predicted octanol–water partition coefficient (Wildman–Crippen LogP) is 5.60. The molecule has 0 fully saturated rings. The van der Waals surface area contributed by atoms with Gasteiger partial charge < -0.3 is 14.7 Å². The topological polar surface area (TPSA) is 97.4 Å². The van der Waals surface area contributed by atoms with Gasteiger partial charge in [-0.1, -0.05) is 51.0 Å². The minimum Gasteiger partial charge on any atom is -0.480 e. The van der Waals surface area contributed by atoms with Gasteiger partial charge in [0.1, 0.15) is 23.3 Å². The molecule has 0 amide bonds. The summed E-state index contributed by atoms with van der Waals surface area (Å²) < 4.78 is 5.72. The highest BCUT2D eigenvalue weighted by molar-refractivity contribution is 5.93. The number of ether oxygens (including phenoxy) is 1. The zero-order valence-corrected chi connectivity index (χ0v) is 19.3. The van der Waals surface area contributed by atoms with E-state index in [4.69, 9.17) is 4.74 Å². The van der Waals surface area contributed by atoms with Crippen molar-refractivity contribution in [2.24, 2.45) is 0 Å². The number of benzene rings is 1. The highest BCUT2D eigenvalue weighted by atomic mass is 16.5. The van der Waals surface area contributed by atoms with Gasteiger partial charge in [-0.05, 0) is 44.4 Å². The fourth-order valence-electron chi connectivity index (χ4n) is 3.60. The highest BCUT2D eigenvalue weighted by Gasteiger charge is 2.39. The molecule has 1 aliphatic rings. The van der Waals surface area contributed by atoms with Crippen LogP contribution in [0.5, 0.6) is 0 Å². The van der Waals surface area contributed by atoms with Gasteiger partial charge in [0.05, 0.1) is 0 Å². The van der Waals surface area contributed by atoms with Gasteiger partial charge in [0, 0.05) is 24.4 Å². The lowest BCUT2D eigenvalue weighted by Gasteiger charge is -2.24. The maximum absolute atomic E-state index is 11.4. The number of carboxylic acids is 1. The molecule has 1 aromatic carbocycles. The molecule has 0 saturated heterocycles. The number of anilines is 1. The third-order valence-electron chi connectivity index (χ3n) is 5.43. The summed E-state index contributed by atoms with van der Waals surface area (Å²) in [7, 11) is 0. The van der Waals surface area contributed by atoms with Gasteiger partial charge in [-0.25, -0.2) is 4.79 Å². The fraction of sp³-hybridized carbons (Fsp3) is 0.423. The smallest absolute Gasteiger partial charge is 0.350 e. The Morgan fingerprint density at radius 1 is 1.09 bits per heavy atom. The van der Waals surface area contributed by atoms with Crippen molar-refractivity contribution in [2.45, 2.75) is 59.0 Å². The van der Waals surface area contributed by atoms with Crippen LogP contribution in [-0.2, 0) is 9.53 Å². The lowest BCUT2D eigenvalue weighted by Crippen LogP contribution is -2.25. The number of unbranched alkanes of at least 4 members (excludes halogenated alkanes) is 2. The summed E-state index contributed by atoms with van der Waals surface area (Å²) in [6.07, 6.45) is 8.26. The summed E-state index contributed by atoms with van der Waals surface area (Å²) in [5.74, 6) is -1.59. The van der Waals surface area contributed by atoms with Crippen LogP contribution in [0, 0.1) is 22.7 Å². The lowest BCUT2D eigenvalue weighted by atomic mass is 9.94. The molecule has 168 valence electrons. The van der Waals surface area contributed by atoms with E-state index in [9.17, 15) is 20.4 Å². The lowest BCUT2D eigenvalue weighted by molar-refractivity contribution is -0.132. The van der Waals surface area contributed by atoms with Crippen LogP contribution in [0.2, 0.25) is 0 Å². The van der Waals surface area contributed by atoms with Crippen LogP contribution in [0.4, 0.5) is 5.69 Å². The van der Waals surface area contributed by atoms with Crippen LogP contribution in [0.3, 0.4) is 0 Å². The second kappa shape index (κ2) is 11.2. The van der Waals surface area contributed by atoms with Gasteiger partial charge in [-0.3, -0.25) is 0 Å². The first-order chi connectivity index (χ1) is 15.3. The van der Waals surface area contributed by atoms with Crippen molar-refractivity contribution in [3.63, 3.8) is 0 Å². The Balaban J connectivity index is 2.34. The average Bonchev–Trinajstić information content (AvgIpc) is 3.02. The van der Waals surface area contributed by atoms with Crippen molar-refractivity contribution in [1.29, 1.82) is 10.5 Å². The van der Waals surface area contributed by atoms with Crippen molar-refractivity contribution in [3.05, 3.63) is 58.4 Å². The zero-order chi connectivity index (χ0) is 23.7. The molecule has 32 heavy (non-hydrogen) atoms. The number of hydrogen-bond acceptors (Lipinski definition) is 5. The van der Waals surface area contributed by atoms with E-state index in [1.54, 1.807) is 26.0 Å². The first kappa shape index (κ1) is 24.8. The Labute approximate surface area is 190 Å². The fourth-order valence-corrected chi connectivity index (χ4v) is 3.60. The molecule has 2 rings (SSSR count). The molecule has 0 spiro atoms. The number of rotatable bonds is 10. The molecule has 0 radical (unpaired) electrons. The number of carbonyl (C=O) groups is 1. The van der Waals surface area contributed by atoms with Gasteiger partial charge in [-0.15, -0.1) is 0 Å². The Hall–Kier alpha value is -3.51. The molecule has 0 atom stereocenters. The second-order valence-corrected chi connectivity index (χ2v) is 8.25. The predicted molar refractivity (Wildman–Crippen MR) is 126 cm³/mol. The van der Waals surface area contributed by atoms with Crippen molar-refractivity contribution in [3.8, 4) is 12.1 Å². The number of nitriles is 2. The molecule has 0 aliphatic carbocycles. The van der Waals surface area contributed by atoms with Gasteiger partial charge in [0.15, 0.2) is 11.3 Å². The molecule has 1 aromatic rings. The Kier molecular flexibility index (Phi) is 8.67. The van der Waals surface area contributed by atoms with E-state index in [1.165, 1.54) is 5.69 Å². The van der Waals surface area contributed by atoms with Crippen LogP contribution in [-0.4, -0.2) is 29.8 Å². The Morgan fingerprint density at radius 3 is 2.16 bits per heavy atom. The van der Waals surface area contributed by atoms with Crippen LogP contribution in [0.25, 0.3) is 6.08 Å². The van der Waals surface area contributed by atoms with Crippen molar-refractivity contribution in [1.82, 2.24) is 0 Å². The number of allylic oxidation sites excluding steroid dienone is 1. The van der Waals surface area contributed by atoms with E-state index in [1.807, 2.05) is 24.3 Å². The first-order valence-electron chi connectivity index (χ1n) is 11.0. The summed E-state index contributed by atoms with van der Waals surface area (Å²) in [5, 5.41) is 28.1. The van der Waals surface area contributed by atoms with Crippen LogP contribution < -0.4 is 4.90 Å². The molecule has 0 aromatic heterocycles. The van der Waals surface area contributed by atoms with Crippen LogP contribution in [0.1, 0.15) is 58.9 Å². The van der Waals surface area contributed by atoms with E-state index in [0.717, 1.165) is 44.3 Å². The monoisotopic (exact) mass is 433 g/mol. The van der Waals surface area contributed by atoms with E-state index in [0.29, 0.717) is 5.57 Å². The molecule has 1 N–H and O–H groups in total.